The van der Waals surface area contributed by atoms with Gasteiger partial charge in [-0.1, -0.05) is 20.8 Å². The van der Waals surface area contributed by atoms with Crippen molar-refractivity contribution in [3.05, 3.63) is 0 Å². The average molecular weight is 361 g/mol. The van der Waals surface area contributed by atoms with Crippen LogP contribution in [0.25, 0.3) is 0 Å². The van der Waals surface area contributed by atoms with Crippen LogP contribution in [0.5, 0.6) is 0 Å². The van der Waals surface area contributed by atoms with Gasteiger partial charge in [0.1, 0.15) is 0 Å². The van der Waals surface area contributed by atoms with Gasteiger partial charge >= 0.3 is 0 Å². The lowest BCUT2D eigenvalue weighted by molar-refractivity contribution is 0.198. The number of ether oxygens (including phenoxy) is 1. The minimum Gasteiger partial charge on any atom is -0.416 e. The zero-order valence-electron chi connectivity index (χ0n) is 15.6. The molecule has 0 amide bonds. The SMILES string of the molecule is C#CCCO.C#CCCO[Si](C)(C)C(C)(C)C.C1CCOC1.S. The molecular formula is C18H36O3SSi. The van der Waals surface area contributed by atoms with Crippen molar-refractivity contribution in [1.29, 1.82) is 0 Å². The third-order valence-corrected chi connectivity index (χ3v) is 8.14. The van der Waals surface area contributed by atoms with Crippen LogP contribution in [0.15, 0.2) is 0 Å². The molecule has 1 N–H and O–H groups in total. The molecule has 0 spiro atoms. The molecule has 5 heteroatoms. The Kier molecular flexibility index (Phi) is 19.6. The molecule has 1 fully saturated rings. The normalized spacial score (nSPS) is 13.2. The summed E-state index contributed by atoms with van der Waals surface area (Å²) in [5.74, 6) is 4.86. The van der Waals surface area contributed by atoms with Crippen molar-refractivity contribution in [2.75, 3.05) is 26.4 Å². The van der Waals surface area contributed by atoms with Gasteiger partial charge in [-0.25, -0.2) is 0 Å². The summed E-state index contributed by atoms with van der Waals surface area (Å²) < 4.78 is 10.8. The molecule has 1 aliphatic heterocycles. The number of rotatable bonds is 4. The van der Waals surface area contributed by atoms with Crippen LogP contribution in [0.4, 0.5) is 0 Å². The molecule has 0 aromatic carbocycles. The fraction of sp³-hybridized carbons (Fsp3) is 0.778. The second-order valence-electron chi connectivity index (χ2n) is 6.56. The largest absolute Gasteiger partial charge is 0.416 e. The summed E-state index contributed by atoms with van der Waals surface area (Å²) in [6, 6.07) is 0. The van der Waals surface area contributed by atoms with E-state index in [1.54, 1.807) is 0 Å². The number of hydrogen-bond donors (Lipinski definition) is 1. The summed E-state index contributed by atoms with van der Waals surface area (Å²) in [5.41, 5.74) is 0. The molecule has 1 rings (SSSR count). The standard InChI is InChI=1S/C10H20OSi.C4H8O.C4H6O.H2S/c1-7-8-9-11-12(5,6)10(2,3)4;1-2-4-5-3-1;1-2-3-4-5;/h1H,8-9H2,2-6H3;1-4H2;1,5H,3-4H2;1H2. The zero-order chi connectivity index (χ0) is 17.5. The van der Waals surface area contributed by atoms with E-state index in [-0.39, 0.29) is 20.1 Å². The molecule has 0 atom stereocenters. The predicted octanol–water partition coefficient (Wildman–Crippen LogP) is 3.94. The quantitative estimate of drug-likeness (QED) is 0.469. The summed E-state index contributed by atoms with van der Waals surface area (Å²) in [5, 5.41) is 8.22. The van der Waals surface area contributed by atoms with E-state index in [9.17, 15) is 0 Å². The van der Waals surface area contributed by atoms with Gasteiger partial charge in [-0.3, -0.25) is 0 Å². The fourth-order valence-electron chi connectivity index (χ4n) is 1.16. The van der Waals surface area contributed by atoms with Gasteiger partial charge in [0.15, 0.2) is 8.32 Å². The lowest BCUT2D eigenvalue weighted by Crippen LogP contribution is -2.40. The van der Waals surface area contributed by atoms with Crippen molar-refractivity contribution < 1.29 is 14.3 Å². The van der Waals surface area contributed by atoms with Gasteiger partial charge in [0.05, 0.1) is 6.61 Å². The van der Waals surface area contributed by atoms with E-state index < -0.39 is 8.32 Å². The highest BCUT2D eigenvalue weighted by Gasteiger charge is 2.36. The number of terminal acetylenes is 2. The molecule has 1 heterocycles. The maximum Gasteiger partial charge on any atom is 0.192 e. The van der Waals surface area contributed by atoms with Gasteiger partial charge in [0.25, 0.3) is 0 Å². The minimum absolute atomic E-state index is 0. The Labute approximate surface area is 152 Å². The van der Waals surface area contributed by atoms with Crippen LogP contribution in [0.1, 0.15) is 46.5 Å². The number of hydrogen-bond acceptors (Lipinski definition) is 3. The molecule has 23 heavy (non-hydrogen) atoms. The Hall–Kier alpha value is -0.433. The monoisotopic (exact) mass is 360 g/mol. The van der Waals surface area contributed by atoms with Gasteiger partial charge in [0, 0.05) is 32.7 Å². The second-order valence-corrected chi connectivity index (χ2v) is 11.4. The average Bonchev–Trinajstić information content (AvgIpc) is 2.98. The Morgan fingerprint density at radius 2 is 1.57 bits per heavy atom. The van der Waals surface area contributed by atoms with Crippen LogP contribution in [0, 0.1) is 24.7 Å². The highest BCUT2D eigenvalue weighted by atomic mass is 32.1. The van der Waals surface area contributed by atoms with E-state index in [4.69, 9.17) is 27.1 Å². The Bertz CT molecular complexity index is 326. The van der Waals surface area contributed by atoms with Crippen LogP contribution in [0.3, 0.4) is 0 Å². The zero-order valence-corrected chi connectivity index (χ0v) is 17.6. The van der Waals surface area contributed by atoms with Gasteiger partial charge < -0.3 is 14.3 Å². The van der Waals surface area contributed by atoms with Crippen molar-refractivity contribution in [2.45, 2.75) is 64.6 Å². The van der Waals surface area contributed by atoms with Crippen LogP contribution in [-0.4, -0.2) is 39.9 Å². The summed E-state index contributed by atoms with van der Waals surface area (Å²) in [6.45, 7) is 14.0. The van der Waals surface area contributed by atoms with Crippen LogP contribution in [0.2, 0.25) is 18.1 Å². The Morgan fingerprint density at radius 3 is 1.78 bits per heavy atom. The van der Waals surface area contributed by atoms with E-state index in [0.29, 0.717) is 18.1 Å². The fourth-order valence-corrected chi connectivity index (χ4v) is 2.20. The smallest absolute Gasteiger partial charge is 0.192 e. The molecule has 0 radical (unpaired) electrons. The molecule has 0 aliphatic carbocycles. The molecule has 136 valence electrons. The lowest BCUT2D eigenvalue weighted by Gasteiger charge is -2.35. The third kappa shape index (κ3) is 17.8. The molecule has 1 saturated heterocycles. The van der Waals surface area contributed by atoms with Crippen molar-refractivity contribution in [3.8, 4) is 24.7 Å². The molecule has 3 nitrogen and oxygen atoms in total. The molecule has 0 aromatic heterocycles. The van der Waals surface area contributed by atoms with Crippen LogP contribution < -0.4 is 0 Å². The first kappa shape index (κ1) is 27.4. The van der Waals surface area contributed by atoms with E-state index in [2.05, 4.69) is 45.7 Å². The molecule has 1 aliphatic rings. The van der Waals surface area contributed by atoms with Crippen molar-refractivity contribution in [2.24, 2.45) is 0 Å². The summed E-state index contributed by atoms with van der Waals surface area (Å²) in [4.78, 5) is 0. The summed E-state index contributed by atoms with van der Waals surface area (Å²) >= 11 is 0. The maximum absolute atomic E-state index is 7.92. The maximum atomic E-state index is 7.92. The highest BCUT2D eigenvalue weighted by molar-refractivity contribution is 7.59. The van der Waals surface area contributed by atoms with E-state index >= 15 is 0 Å². The summed E-state index contributed by atoms with van der Waals surface area (Å²) in [7, 11) is -1.54. The van der Waals surface area contributed by atoms with E-state index in [1.165, 1.54) is 12.8 Å². The molecular weight excluding hydrogens is 324 g/mol. The summed E-state index contributed by atoms with van der Waals surface area (Å²) in [6.07, 6.45) is 13.6. The number of aliphatic hydroxyl groups excluding tert-OH is 1. The first-order chi connectivity index (χ1) is 10.2. The molecule has 0 unspecified atom stereocenters. The van der Waals surface area contributed by atoms with Gasteiger partial charge in [-0.2, -0.15) is 13.5 Å². The predicted molar refractivity (Wildman–Crippen MR) is 108 cm³/mol. The van der Waals surface area contributed by atoms with E-state index in [1.807, 2.05) is 0 Å². The van der Waals surface area contributed by atoms with Crippen molar-refractivity contribution >= 4 is 21.8 Å². The first-order valence-electron chi connectivity index (χ1n) is 7.92. The van der Waals surface area contributed by atoms with Gasteiger partial charge in [-0.15, -0.1) is 24.7 Å². The Morgan fingerprint density at radius 1 is 1.09 bits per heavy atom. The molecule has 0 saturated carbocycles. The first-order valence-corrected chi connectivity index (χ1v) is 10.8. The molecule has 0 aromatic rings. The minimum atomic E-state index is -1.54. The number of aliphatic hydroxyl groups is 1. The van der Waals surface area contributed by atoms with Crippen molar-refractivity contribution in [3.63, 3.8) is 0 Å². The van der Waals surface area contributed by atoms with E-state index in [0.717, 1.165) is 19.6 Å². The lowest BCUT2D eigenvalue weighted by atomic mass is 10.2. The second kappa shape index (κ2) is 16.4. The van der Waals surface area contributed by atoms with Crippen molar-refractivity contribution in [1.82, 2.24) is 0 Å². The highest BCUT2D eigenvalue weighted by Crippen LogP contribution is 2.36. The van der Waals surface area contributed by atoms with Crippen LogP contribution in [-0.2, 0) is 9.16 Å². The van der Waals surface area contributed by atoms with Crippen LogP contribution >= 0.6 is 13.5 Å². The third-order valence-electron chi connectivity index (χ3n) is 3.60. The Balaban J connectivity index is -0.000000300. The molecule has 0 bridgehead atoms. The topological polar surface area (TPSA) is 38.7 Å². The van der Waals surface area contributed by atoms with Gasteiger partial charge in [-0.05, 0) is 31.0 Å². The van der Waals surface area contributed by atoms with Gasteiger partial charge in [0.2, 0.25) is 0 Å².